The van der Waals surface area contributed by atoms with E-state index in [1.54, 1.807) is 0 Å². The van der Waals surface area contributed by atoms with Crippen LogP contribution in [0.15, 0.2) is 69.3 Å². The first-order valence-corrected chi connectivity index (χ1v) is 18.1. The van der Waals surface area contributed by atoms with Gasteiger partial charge in [0, 0.05) is 30.2 Å². The molecule has 0 aromatic heterocycles. The number of carboxylic acids is 1. The van der Waals surface area contributed by atoms with Crippen LogP contribution in [0.1, 0.15) is 96.4 Å². The molecule has 0 bridgehead atoms. The van der Waals surface area contributed by atoms with Crippen molar-refractivity contribution in [3.63, 3.8) is 0 Å². The van der Waals surface area contributed by atoms with E-state index in [0.717, 1.165) is 14.7 Å². The summed E-state index contributed by atoms with van der Waals surface area (Å²) < 4.78 is 38.7. The molecule has 0 aliphatic carbocycles. The fourth-order valence-corrected chi connectivity index (χ4v) is 6.79. The summed E-state index contributed by atoms with van der Waals surface area (Å²) >= 11 is 0. The molecular weight excluding hydrogens is 628 g/mol. The van der Waals surface area contributed by atoms with Gasteiger partial charge in [-0.25, -0.2) is 0 Å². The van der Waals surface area contributed by atoms with Crippen LogP contribution < -0.4 is 33.5 Å². The molecular formula is C39H56O8S. The van der Waals surface area contributed by atoms with Crippen LogP contribution in [-0.2, 0) is 15.7 Å². The Morgan fingerprint density at radius 2 is 0.812 bits per heavy atom. The molecule has 3 aromatic carbocycles. The van der Waals surface area contributed by atoms with Gasteiger partial charge in [0.15, 0.2) is 27.9 Å². The van der Waals surface area contributed by atoms with Crippen molar-refractivity contribution >= 4 is 16.9 Å². The maximum absolute atomic E-state index is 9.26. The molecule has 0 N–H and O–H groups in total. The summed E-state index contributed by atoms with van der Waals surface area (Å²) in [6, 6.07) is 18.3. The van der Waals surface area contributed by atoms with Crippen LogP contribution in [0.25, 0.3) is 0 Å². The first-order valence-electron chi connectivity index (χ1n) is 16.9. The van der Waals surface area contributed by atoms with Crippen molar-refractivity contribution in [1.29, 1.82) is 0 Å². The zero-order valence-corrected chi connectivity index (χ0v) is 31.9. The van der Waals surface area contributed by atoms with Crippen LogP contribution in [0.3, 0.4) is 0 Å². The van der Waals surface area contributed by atoms with E-state index in [2.05, 4.69) is 24.3 Å². The minimum atomic E-state index is -0.995. The predicted octanol–water partition coefficient (Wildman–Crippen LogP) is 8.65. The molecule has 0 fully saturated rings. The van der Waals surface area contributed by atoms with Gasteiger partial charge in [-0.05, 0) is 102 Å². The second-order valence-electron chi connectivity index (χ2n) is 12.8. The fourth-order valence-electron chi connectivity index (χ4n) is 4.45. The lowest BCUT2D eigenvalue weighted by atomic mass is 10.2. The minimum Gasteiger partial charge on any atom is -0.550 e. The molecule has 48 heavy (non-hydrogen) atoms. The molecule has 0 unspecified atom stereocenters. The van der Waals surface area contributed by atoms with Gasteiger partial charge < -0.3 is 38.3 Å². The third-order valence-corrected chi connectivity index (χ3v) is 8.22. The van der Waals surface area contributed by atoms with E-state index >= 15 is 0 Å². The summed E-state index contributed by atoms with van der Waals surface area (Å²) in [5, 5.41) is 9.26. The highest BCUT2D eigenvalue weighted by Crippen LogP contribution is 2.51. The van der Waals surface area contributed by atoms with Crippen molar-refractivity contribution in [2.45, 2.75) is 148 Å². The van der Waals surface area contributed by atoms with E-state index < -0.39 is 16.9 Å². The van der Waals surface area contributed by atoms with E-state index in [1.165, 1.54) is 6.92 Å². The van der Waals surface area contributed by atoms with Gasteiger partial charge in [0.25, 0.3) is 9.79 Å². The Bertz CT molecular complexity index is 1270. The van der Waals surface area contributed by atoms with Gasteiger partial charge in [-0.1, -0.05) is 25.1 Å². The molecule has 9 heteroatoms. The van der Waals surface area contributed by atoms with Gasteiger partial charge >= 0.3 is 0 Å². The number of hydrogen-bond acceptors (Lipinski definition) is 8. The summed E-state index contributed by atoms with van der Waals surface area (Å²) in [4.78, 5) is 12.1. The quantitative estimate of drug-likeness (QED) is 0.138. The van der Waals surface area contributed by atoms with Crippen LogP contribution in [0.4, 0.5) is 0 Å². The zero-order valence-electron chi connectivity index (χ0n) is 31.0. The van der Waals surface area contributed by atoms with Crippen LogP contribution in [0.5, 0.6) is 34.5 Å². The molecule has 0 aliphatic rings. The van der Waals surface area contributed by atoms with Crippen molar-refractivity contribution in [3.05, 3.63) is 54.6 Å². The Balaban J connectivity index is 0.00000149. The second-order valence-corrected chi connectivity index (χ2v) is 14.7. The molecule has 3 rings (SSSR count). The van der Waals surface area contributed by atoms with Crippen molar-refractivity contribution < 1.29 is 38.3 Å². The molecule has 0 atom stereocenters. The highest BCUT2D eigenvalue weighted by molar-refractivity contribution is 7.97. The summed E-state index contributed by atoms with van der Waals surface area (Å²) in [5.74, 6) is 3.19. The van der Waals surface area contributed by atoms with Gasteiger partial charge in [0.05, 0.1) is 36.6 Å². The Hall–Kier alpha value is -3.72. The zero-order chi connectivity index (χ0) is 36.1. The Labute approximate surface area is 291 Å². The lowest BCUT2D eigenvalue weighted by Gasteiger charge is -2.24. The third-order valence-electron chi connectivity index (χ3n) is 5.86. The largest absolute Gasteiger partial charge is 0.550 e. The highest BCUT2D eigenvalue weighted by atomic mass is 32.2. The minimum absolute atomic E-state index is 0.0115. The second kappa shape index (κ2) is 19.3. The van der Waals surface area contributed by atoms with Crippen LogP contribution in [-0.4, -0.2) is 42.6 Å². The summed E-state index contributed by atoms with van der Waals surface area (Å²) in [7, 11) is -0.780. The third kappa shape index (κ3) is 13.1. The van der Waals surface area contributed by atoms with Crippen molar-refractivity contribution in [3.8, 4) is 34.5 Å². The summed E-state index contributed by atoms with van der Waals surface area (Å²) in [6.45, 7) is 25.8. The van der Waals surface area contributed by atoms with Gasteiger partial charge in [-0.2, -0.15) is 0 Å². The lowest BCUT2D eigenvalue weighted by Crippen LogP contribution is -2.19. The monoisotopic (exact) mass is 684 g/mol. The average molecular weight is 685 g/mol. The maximum Gasteiger partial charge on any atom is 0.250 e. The molecule has 0 heterocycles. The number of aliphatic carboxylic acids is 1. The number of carboxylic acid groups (broad SMARTS) is 1. The van der Waals surface area contributed by atoms with Crippen molar-refractivity contribution in [1.82, 2.24) is 0 Å². The molecule has 0 saturated heterocycles. The molecule has 3 aromatic rings. The Kier molecular flexibility index (Phi) is 16.3. The van der Waals surface area contributed by atoms with Crippen molar-refractivity contribution in [2.75, 3.05) is 0 Å². The standard InChI is InChI=1S/C36H51O6S.C3H6O2/c1-22(2)37-28-18-31(39-24(5)6)35(32(19-28)40-25(7)8)43(30-16-14-13-15-17-30)36-33(41-26(9)10)20-29(38-23(3)4)21-34(36)42-27(11)12;1-2-3(4)5/h13-27H,1-12H3;2H2,1H3,(H,4,5)/q+1;/p-1. The highest BCUT2D eigenvalue weighted by Gasteiger charge is 2.43. The first-order chi connectivity index (χ1) is 22.5. The first kappa shape index (κ1) is 40.5. The molecule has 0 spiro atoms. The number of carbonyl (C=O) groups excluding carboxylic acids is 1. The Morgan fingerprint density at radius 3 is 1.04 bits per heavy atom. The van der Waals surface area contributed by atoms with E-state index in [-0.39, 0.29) is 43.0 Å². The molecule has 0 saturated carbocycles. The van der Waals surface area contributed by atoms with E-state index in [4.69, 9.17) is 28.4 Å². The summed E-state index contributed by atoms with van der Waals surface area (Å²) in [5.41, 5.74) is 0. The van der Waals surface area contributed by atoms with Crippen molar-refractivity contribution in [2.24, 2.45) is 0 Å². The van der Waals surface area contributed by atoms with E-state index in [9.17, 15) is 9.90 Å². The molecule has 0 amide bonds. The molecule has 266 valence electrons. The van der Waals surface area contributed by atoms with Crippen LogP contribution >= 0.6 is 0 Å². The lowest BCUT2D eigenvalue weighted by molar-refractivity contribution is -0.305. The fraction of sp³-hybridized carbons (Fsp3) is 0.513. The van der Waals surface area contributed by atoms with Gasteiger partial charge in [0.2, 0.25) is 0 Å². The van der Waals surface area contributed by atoms with Gasteiger partial charge in [-0.15, -0.1) is 0 Å². The molecule has 8 nitrogen and oxygen atoms in total. The number of ether oxygens (including phenoxy) is 6. The molecule has 0 radical (unpaired) electrons. The average Bonchev–Trinajstić information content (AvgIpc) is 2.94. The number of hydrogen-bond donors (Lipinski definition) is 0. The van der Waals surface area contributed by atoms with E-state index in [1.807, 2.05) is 113 Å². The van der Waals surface area contributed by atoms with Crippen LogP contribution in [0, 0.1) is 0 Å². The number of rotatable bonds is 16. The maximum atomic E-state index is 9.26. The van der Waals surface area contributed by atoms with E-state index in [0.29, 0.717) is 34.5 Å². The number of benzene rings is 3. The topological polar surface area (TPSA) is 95.5 Å². The van der Waals surface area contributed by atoms with Gasteiger partial charge in [-0.3, -0.25) is 0 Å². The smallest absolute Gasteiger partial charge is 0.250 e. The Morgan fingerprint density at radius 1 is 0.542 bits per heavy atom. The normalized spacial score (nSPS) is 11.3. The van der Waals surface area contributed by atoms with Crippen LogP contribution in [0.2, 0.25) is 0 Å². The predicted molar refractivity (Wildman–Crippen MR) is 191 cm³/mol. The SMILES string of the molecule is CC(C)Oc1cc(OC(C)C)c([S+](c2ccccc2)c2c(OC(C)C)cc(OC(C)C)cc2OC(C)C)c(OC(C)C)c1.CCC(=O)[O-]. The summed E-state index contributed by atoms with van der Waals surface area (Å²) in [6.07, 6.45) is -0.242. The van der Waals surface area contributed by atoms with Gasteiger partial charge in [0.1, 0.15) is 22.4 Å². The number of carbonyl (C=O) groups is 1. The molecule has 0 aliphatic heterocycles.